The summed E-state index contributed by atoms with van der Waals surface area (Å²) >= 11 is -1.20. The first-order valence-electron chi connectivity index (χ1n) is 13.1. The molecule has 6 rings (SSSR count). The molecule has 0 heterocycles. The standard InChI is InChI=1S/C16H13.2C9H7.2CH3NO.In.Zr/c1-3-9-15(10-4-1)13-7-8-14-16-11-5-2-6-12-16;2*1-2-5-9-7-3-6-8(9)4-1;2*2-1-3;;/h1-13H;2*1-7H;2*1H,(H2,2,3);;/q3*-1;;;+2;+3/p-2. The molecule has 2 amide bonds. The van der Waals surface area contributed by atoms with E-state index >= 15 is 0 Å². The molecule has 6 aromatic carbocycles. The number of carbonyl (C=O) groups excluding carboxylic acids is 2. The number of allylic oxidation sites excluding steroid dienone is 2. The predicted octanol–water partition coefficient (Wildman–Crippen LogP) is 7.23. The summed E-state index contributed by atoms with van der Waals surface area (Å²) in [6.07, 6.45) is 10.4. The monoisotopic (exact) mass is 728 g/mol. The average molecular weight is 730 g/mol. The molecular formula is C36H31InN2O2Zr. The van der Waals surface area contributed by atoms with E-state index in [1.807, 2.05) is 60.7 Å². The van der Waals surface area contributed by atoms with Crippen molar-refractivity contribution in [2.75, 3.05) is 0 Å². The molecule has 2 radical (unpaired) electrons. The minimum atomic E-state index is -1.20. The van der Waals surface area contributed by atoms with Crippen LogP contribution < -0.4 is 6.61 Å². The number of rotatable bonds is 7. The van der Waals surface area contributed by atoms with Crippen LogP contribution in [0.5, 0.6) is 0 Å². The normalized spacial score (nSPS) is 9.71. The Labute approximate surface area is 279 Å². The second-order valence-corrected chi connectivity index (χ2v) is 11.2. The van der Waals surface area contributed by atoms with Crippen LogP contribution in [-0.4, -0.2) is 36.3 Å². The van der Waals surface area contributed by atoms with Crippen LogP contribution in [0.1, 0.15) is 11.1 Å². The molecule has 0 aliphatic carbocycles. The zero-order valence-corrected chi connectivity index (χ0v) is 28.9. The number of hydrogen-bond donors (Lipinski definition) is 2. The van der Waals surface area contributed by atoms with Gasteiger partial charge in [0.15, 0.2) is 0 Å². The number of hydrogen-bond acceptors (Lipinski definition) is 2. The predicted molar refractivity (Wildman–Crippen MR) is 172 cm³/mol. The van der Waals surface area contributed by atoms with Crippen LogP contribution in [0.3, 0.4) is 0 Å². The Hall–Kier alpha value is -3.73. The smallest absolute Gasteiger partial charge is 0.168 e. The SMILES string of the molecule is O=C[NH][In][NH]C=O.[C-](=CC=Cc1ccccc1)c1ccccc1.[Zr+3].c1ccc2[cH-]ccc2c1.c1ccc2[cH-]ccc2c1. The second-order valence-electron chi connectivity index (χ2n) is 8.47. The molecule has 0 fully saturated rings. The van der Waals surface area contributed by atoms with E-state index in [4.69, 9.17) is 0 Å². The molecule has 0 saturated heterocycles. The zero-order valence-electron chi connectivity index (χ0n) is 23.1. The van der Waals surface area contributed by atoms with Crippen LogP contribution in [0, 0.1) is 6.08 Å². The summed E-state index contributed by atoms with van der Waals surface area (Å²) in [7, 11) is 0. The quantitative estimate of drug-likeness (QED) is 0.0789. The van der Waals surface area contributed by atoms with Crippen molar-refractivity contribution < 1.29 is 35.8 Å². The molecule has 0 aliphatic rings. The van der Waals surface area contributed by atoms with Gasteiger partial charge in [0.25, 0.3) is 0 Å². The van der Waals surface area contributed by atoms with E-state index in [1.54, 1.807) is 0 Å². The first kappa shape index (κ1) is 34.5. The van der Waals surface area contributed by atoms with Crippen LogP contribution in [-0.2, 0) is 35.8 Å². The van der Waals surface area contributed by atoms with Crippen molar-refractivity contribution in [3.05, 3.63) is 175 Å². The largest absolute Gasteiger partial charge is 3.00 e. The Morgan fingerprint density at radius 3 is 1.57 bits per heavy atom. The van der Waals surface area contributed by atoms with Gasteiger partial charge in [-0.1, -0.05) is 54.6 Å². The molecule has 42 heavy (non-hydrogen) atoms. The summed E-state index contributed by atoms with van der Waals surface area (Å²) in [6.45, 7) is 0. The minimum Gasteiger partial charge on any atom is -0.168 e. The molecule has 0 aliphatic heterocycles. The van der Waals surface area contributed by atoms with E-state index in [-0.39, 0.29) is 26.2 Å². The van der Waals surface area contributed by atoms with E-state index in [0.29, 0.717) is 12.8 Å². The van der Waals surface area contributed by atoms with Gasteiger partial charge in [0.05, 0.1) is 0 Å². The Kier molecular flexibility index (Phi) is 18.0. The van der Waals surface area contributed by atoms with Crippen LogP contribution in [0.4, 0.5) is 0 Å². The maximum absolute atomic E-state index is 9.46. The Balaban J connectivity index is 0.000000205. The van der Waals surface area contributed by atoms with Crippen molar-refractivity contribution in [1.82, 2.24) is 6.61 Å². The van der Waals surface area contributed by atoms with E-state index in [2.05, 4.69) is 116 Å². The molecule has 0 aromatic heterocycles. The molecule has 0 unspecified atom stereocenters. The first-order chi connectivity index (χ1) is 20.3. The van der Waals surface area contributed by atoms with Gasteiger partial charge in [-0.3, -0.25) is 0 Å². The third kappa shape index (κ3) is 13.8. The van der Waals surface area contributed by atoms with Gasteiger partial charge in [0.1, 0.15) is 0 Å². The van der Waals surface area contributed by atoms with Crippen LogP contribution in [0.15, 0.2) is 158 Å². The van der Waals surface area contributed by atoms with Crippen molar-refractivity contribution in [2.45, 2.75) is 0 Å². The molecular weight excluding hydrogens is 698 g/mol. The molecule has 6 aromatic rings. The van der Waals surface area contributed by atoms with Gasteiger partial charge in [-0.25, -0.2) is 0 Å². The maximum atomic E-state index is 9.46. The molecule has 0 atom stereocenters. The number of amides is 2. The Morgan fingerprint density at radius 2 is 1.07 bits per heavy atom. The summed E-state index contributed by atoms with van der Waals surface area (Å²) in [5.41, 5.74) is 2.30. The fourth-order valence-electron chi connectivity index (χ4n) is 3.66. The number of fused-ring (bicyclic) bond motifs is 2. The van der Waals surface area contributed by atoms with Gasteiger partial charge in [-0.2, -0.15) is 35.0 Å². The van der Waals surface area contributed by atoms with Gasteiger partial charge in [-0.15, -0.1) is 107 Å². The first-order valence-corrected chi connectivity index (χ1v) is 16.4. The third-order valence-electron chi connectivity index (χ3n) is 5.61. The topological polar surface area (TPSA) is 58.2 Å². The van der Waals surface area contributed by atoms with Gasteiger partial charge < -0.3 is 0 Å². The molecule has 0 spiro atoms. The van der Waals surface area contributed by atoms with Gasteiger partial charge >= 0.3 is 78.7 Å². The number of benzene rings is 4. The van der Waals surface area contributed by atoms with Crippen LogP contribution >= 0.6 is 0 Å². The minimum absolute atomic E-state index is 0. The van der Waals surface area contributed by atoms with E-state index in [9.17, 15) is 9.59 Å². The zero-order chi connectivity index (χ0) is 28.8. The fourth-order valence-corrected chi connectivity index (χ4v) is 4.32. The number of carbonyl (C=O) groups is 2. The fraction of sp³-hybridized carbons (Fsp3) is 0. The van der Waals surface area contributed by atoms with E-state index in [1.165, 1.54) is 27.1 Å². The summed E-state index contributed by atoms with van der Waals surface area (Å²) in [5.74, 6) is 0. The number of nitrogens with one attached hydrogen (secondary N) is 2. The Bertz CT molecular complexity index is 1430. The Morgan fingerprint density at radius 1 is 0.595 bits per heavy atom. The van der Waals surface area contributed by atoms with Crippen molar-refractivity contribution in [2.24, 2.45) is 0 Å². The molecule has 204 valence electrons. The summed E-state index contributed by atoms with van der Waals surface area (Å²) in [5, 5.41) is 5.32. The van der Waals surface area contributed by atoms with Crippen LogP contribution in [0.2, 0.25) is 0 Å². The van der Waals surface area contributed by atoms with Crippen molar-refractivity contribution in [3.63, 3.8) is 0 Å². The molecule has 0 saturated carbocycles. The molecule has 6 heteroatoms. The van der Waals surface area contributed by atoms with E-state index in [0.717, 1.165) is 5.56 Å². The summed E-state index contributed by atoms with van der Waals surface area (Å²) in [6, 6.07) is 49.7. The molecule has 4 nitrogen and oxygen atoms in total. The summed E-state index contributed by atoms with van der Waals surface area (Å²) in [4.78, 5) is 18.9. The second kappa shape index (κ2) is 21.9. The molecule has 0 bridgehead atoms. The van der Waals surface area contributed by atoms with Gasteiger partial charge in [0, 0.05) is 0 Å². The van der Waals surface area contributed by atoms with Crippen molar-refractivity contribution in [1.29, 1.82) is 0 Å². The summed E-state index contributed by atoms with van der Waals surface area (Å²) < 4.78 is 4.83. The van der Waals surface area contributed by atoms with E-state index < -0.39 is 23.5 Å². The molecule has 2 N–H and O–H groups in total. The van der Waals surface area contributed by atoms with Gasteiger partial charge in [0.2, 0.25) is 0 Å². The van der Waals surface area contributed by atoms with Crippen molar-refractivity contribution >= 4 is 63.9 Å². The third-order valence-corrected chi connectivity index (χ3v) is 7.33. The van der Waals surface area contributed by atoms with Crippen molar-refractivity contribution in [3.8, 4) is 0 Å². The van der Waals surface area contributed by atoms with Crippen LogP contribution in [0.25, 0.3) is 27.6 Å². The average Bonchev–Trinajstić information content (AvgIpc) is 3.72. The van der Waals surface area contributed by atoms with Gasteiger partial charge in [-0.05, 0) is 5.56 Å². The maximum Gasteiger partial charge on any atom is 3.00 e.